The number of guanidine groups is 1. The lowest BCUT2D eigenvalue weighted by Crippen LogP contribution is -2.55. The summed E-state index contributed by atoms with van der Waals surface area (Å²) in [6, 6.07) is 8.12. The lowest BCUT2D eigenvalue weighted by Gasteiger charge is -2.37. The molecule has 0 saturated carbocycles. The largest absolute Gasteiger partial charge is 0.497 e. The molecular weight excluding hydrogens is 356 g/mol. The Morgan fingerprint density at radius 3 is 2.54 bits per heavy atom. The third-order valence-electron chi connectivity index (χ3n) is 5.25. The summed E-state index contributed by atoms with van der Waals surface area (Å²) in [5.41, 5.74) is 1.24. The molecule has 28 heavy (non-hydrogen) atoms. The van der Waals surface area contributed by atoms with E-state index in [2.05, 4.69) is 29.3 Å². The van der Waals surface area contributed by atoms with Crippen LogP contribution >= 0.6 is 0 Å². The number of ether oxygens (including phenoxy) is 2. The molecule has 1 aromatic rings. The van der Waals surface area contributed by atoms with E-state index in [0.29, 0.717) is 6.61 Å². The van der Waals surface area contributed by atoms with Gasteiger partial charge in [-0.15, -0.1) is 0 Å². The molecular formula is C21H32N4O3. The molecule has 154 valence electrons. The lowest BCUT2D eigenvalue weighted by molar-refractivity contribution is -0.142. The number of amides is 1. The minimum Gasteiger partial charge on any atom is -0.497 e. The van der Waals surface area contributed by atoms with Crippen LogP contribution in [0.25, 0.3) is 0 Å². The first-order valence-corrected chi connectivity index (χ1v) is 10.3. The molecule has 1 N–H and O–H groups in total. The van der Waals surface area contributed by atoms with E-state index in [1.807, 2.05) is 17.0 Å². The quantitative estimate of drug-likeness (QED) is 0.591. The van der Waals surface area contributed by atoms with Crippen LogP contribution in [0.15, 0.2) is 29.3 Å². The van der Waals surface area contributed by atoms with Gasteiger partial charge in [-0.2, -0.15) is 0 Å². The zero-order valence-electron chi connectivity index (χ0n) is 17.0. The van der Waals surface area contributed by atoms with E-state index in [-0.39, 0.29) is 12.0 Å². The van der Waals surface area contributed by atoms with E-state index in [4.69, 9.17) is 14.5 Å². The van der Waals surface area contributed by atoms with Gasteiger partial charge in [0.25, 0.3) is 5.91 Å². The summed E-state index contributed by atoms with van der Waals surface area (Å²) in [5.74, 6) is 1.95. The zero-order chi connectivity index (χ0) is 19.8. The summed E-state index contributed by atoms with van der Waals surface area (Å²) in [6.45, 7) is 7.39. The first-order valence-electron chi connectivity index (χ1n) is 10.3. The number of hydrogen-bond acceptors (Lipinski definition) is 4. The Kier molecular flexibility index (Phi) is 7.54. The number of carbonyl (C=O) groups is 1. The van der Waals surface area contributed by atoms with Crippen LogP contribution in [-0.4, -0.2) is 80.8 Å². The van der Waals surface area contributed by atoms with Gasteiger partial charge in [0.05, 0.1) is 7.11 Å². The molecule has 1 aromatic carbocycles. The minimum absolute atomic E-state index is 0.151. The van der Waals surface area contributed by atoms with E-state index in [1.165, 1.54) is 5.56 Å². The van der Waals surface area contributed by atoms with Crippen molar-refractivity contribution in [2.45, 2.75) is 32.3 Å². The Balaban J connectivity index is 1.50. The Bertz CT molecular complexity index is 648. The average molecular weight is 389 g/mol. The Labute approximate surface area is 167 Å². The van der Waals surface area contributed by atoms with E-state index in [0.717, 1.165) is 70.2 Å². The SMILES string of the molecule is CCNC(=NCCc1ccc(OC)cc1)N1CCN(C(=O)C2CCCO2)CC1. The van der Waals surface area contributed by atoms with Crippen molar-refractivity contribution in [1.29, 1.82) is 0 Å². The van der Waals surface area contributed by atoms with Crippen molar-refractivity contribution in [1.82, 2.24) is 15.1 Å². The Morgan fingerprint density at radius 1 is 1.21 bits per heavy atom. The van der Waals surface area contributed by atoms with Gasteiger partial charge in [-0.3, -0.25) is 9.79 Å². The molecule has 2 aliphatic heterocycles. The number of nitrogens with zero attached hydrogens (tertiary/aromatic N) is 3. The molecule has 7 heteroatoms. The Morgan fingerprint density at radius 2 is 1.93 bits per heavy atom. The minimum atomic E-state index is -0.224. The van der Waals surface area contributed by atoms with Crippen LogP contribution in [0, 0.1) is 0 Å². The topological polar surface area (TPSA) is 66.4 Å². The van der Waals surface area contributed by atoms with Crippen LogP contribution < -0.4 is 10.1 Å². The van der Waals surface area contributed by atoms with Crippen molar-refractivity contribution >= 4 is 11.9 Å². The molecule has 1 amide bonds. The van der Waals surface area contributed by atoms with Gasteiger partial charge >= 0.3 is 0 Å². The zero-order valence-corrected chi connectivity index (χ0v) is 17.0. The third-order valence-corrected chi connectivity index (χ3v) is 5.25. The second-order valence-electron chi connectivity index (χ2n) is 7.15. The van der Waals surface area contributed by atoms with Crippen molar-refractivity contribution in [2.75, 3.05) is 53.0 Å². The normalized spacial score (nSPS) is 20.4. The fourth-order valence-corrected chi connectivity index (χ4v) is 3.62. The van der Waals surface area contributed by atoms with Gasteiger partial charge in [0, 0.05) is 45.9 Å². The van der Waals surface area contributed by atoms with Crippen LogP contribution in [0.4, 0.5) is 0 Å². The van der Waals surface area contributed by atoms with Gasteiger partial charge in [0.2, 0.25) is 0 Å². The van der Waals surface area contributed by atoms with Crippen molar-refractivity contribution in [3.8, 4) is 5.75 Å². The first-order chi connectivity index (χ1) is 13.7. The first kappa shape index (κ1) is 20.5. The maximum Gasteiger partial charge on any atom is 0.251 e. The van der Waals surface area contributed by atoms with Gasteiger partial charge in [0.15, 0.2) is 5.96 Å². The van der Waals surface area contributed by atoms with E-state index < -0.39 is 0 Å². The number of rotatable bonds is 6. The van der Waals surface area contributed by atoms with Crippen molar-refractivity contribution < 1.29 is 14.3 Å². The maximum atomic E-state index is 12.5. The molecule has 0 spiro atoms. The van der Waals surface area contributed by atoms with Gasteiger partial charge in [-0.25, -0.2) is 0 Å². The number of hydrogen-bond donors (Lipinski definition) is 1. The second kappa shape index (κ2) is 10.3. The number of carbonyl (C=O) groups excluding carboxylic acids is 1. The predicted molar refractivity (Wildman–Crippen MR) is 110 cm³/mol. The van der Waals surface area contributed by atoms with Crippen LogP contribution in [0.5, 0.6) is 5.75 Å². The standard InChI is InChI=1S/C21H32N4O3/c1-3-22-21(23-11-10-17-6-8-18(27-2)9-7-17)25-14-12-24(13-15-25)20(26)19-5-4-16-28-19/h6-9,19H,3-5,10-16H2,1-2H3,(H,22,23). The second-order valence-corrected chi connectivity index (χ2v) is 7.15. The van der Waals surface area contributed by atoms with Crippen LogP contribution in [0.2, 0.25) is 0 Å². The molecule has 2 heterocycles. The molecule has 1 atom stereocenters. The van der Waals surface area contributed by atoms with Crippen LogP contribution in [0.1, 0.15) is 25.3 Å². The molecule has 1 unspecified atom stereocenters. The number of aliphatic imine (C=N–C) groups is 1. The van der Waals surface area contributed by atoms with Gasteiger partial charge in [-0.05, 0) is 43.9 Å². The molecule has 2 saturated heterocycles. The highest BCUT2D eigenvalue weighted by Gasteiger charge is 2.30. The molecule has 0 radical (unpaired) electrons. The molecule has 2 aliphatic rings. The highest BCUT2D eigenvalue weighted by atomic mass is 16.5. The molecule has 2 fully saturated rings. The summed E-state index contributed by atoms with van der Waals surface area (Å²) in [7, 11) is 1.68. The average Bonchev–Trinajstić information content (AvgIpc) is 3.28. The highest BCUT2D eigenvalue weighted by Crippen LogP contribution is 2.16. The fraction of sp³-hybridized carbons (Fsp3) is 0.619. The number of benzene rings is 1. The summed E-state index contributed by atoms with van der Waals surface area (Å²) < 4.78 is 10.7. The van der Waals surface area contributed by atoms with Gasteiger partial charge in [0.1, 0.15) is 11.9 Å². The number of nitrogens with one attached hydrogen (secondary N) is 1. The molecule has 0 bridgehead atoms. The molecule has 0 aliphatic carbocycles. The van der Waals surface area contributed by atoms with Gasteiger partial charge in [-0.1, -0.05) is 12.1 Å². The predicted octanol–water partition coefficient (Wildman–Crippen LogP) is 1.53. The number of methoxy groups -OCH3 is 1. The van der Waals surface area contributed by atoms with Crippen molar-refractivity contribution in [3.05, 3.63) is 29.8 Å². The van der Waals surface area contributed by atoms with Crippen LogP contribution in [-0.2, 0) is 16.0 Å². The molecule has 0 aromatic heterocycles. The Hall–Kier alpha value is -2.28. The fourth-order valence-electron chi connectivity index (χ4n) is 3.62. The third kappa shape index (κ3) is 5.38. The van der Waals surface area contributed by atoms with Crippen molar-refractivity contribution in [3.63, 3.8) is 0 Å². The van der Waals surface area contributed by atoms with E-state index in [1.54, 1.807) is 7.11 Å². The molecule has 7 nitrogen and oxygen atoms in total. The van der Waals surface area contributed by atoms with Crippen LogP contribution in [0.3, 0.4) is 0 Å². The lowest BCUT2D eigenvalue weighted by atomic mass is 10.1. The highest BCUT2D eigenvalue weighted by molar-refractivity contribution is 5.82. The van der Waals surface area contributed by atoms with E-state index in [9.17, 15) is 4.79 Å². The molecule has 3 rings (SSSR count). The van der Waals surface area contributed by atoms with Gasteiger partial charge < -0.3 is 24.6 Å². The van der Waals surface area contributed by atoms with E-state index >= 15 is 0 Å². The number of piperazine rings is 1. The summed E-state index contributed by atoms with van der Waals surface area (Å²) in [6.07, 6.45) is 2.50. The summed E-state index contributed by atoms with van der Waals surface area (Å²) in [5, 5.41) is 3.38. The summed E-state index contributed by atoms with van der Waals surface area (Å²) in [4.78, 5) is 21.5. The summed E-state index contributed by atoms with van der Waals surface area (Å²) >= 11 is 0. The monoisotopic (exact) mass is 388 g/mol. The maximum absolute atomic E-state index is 12.5. The smallest absolute Gasteiger partial charge is 0.251 e. The van der Waals surface area contributed by atoms with Crippen molar-refractivity contribution in [2.24, 2.45) is 4.99 Å².